The molecule has 6 nitrogen and oxygen atoms in total. The number of ether oxygens (including phenoxy) is 1. The van der Waals surface area contributed by atoms with Gasteiger partial charge in [0.2, 0.25) is 0 Å². The number of aliphatic hydroxyl groups is 1. The molecule has 290 valence electrons. The number of likely N-dealkylation sites (N-methyl/N-ethyl adjacent to an activating group) is 1. The van der Waals surface area contributed by atoms with Crippen molar-refractivity contribution in [2.45, 2.75) is 127 Å². The second kappa shape index (κ2) is 17.8. The van der Waals surface area contributed by atoms with Crippen LogP contribution in [0.5, 0.6) is 5.75 Å². The number of piperazine rings is 1. The number of alkyl halides is 5. The van der Waals surface area contributed by atoms with E-state index in [4.69, 9.17) is 4.74 Å². The zero-order valence-corrected chi connectivity index (χ0v) is 31.4. The van der Waals surface area contributed by atoms with Crippen LogP contribution in [0.2, 0.25) is 0 Å². The average Bonchev–Trinajstić information content (AvgIpc) is 3.37. The van der Waals surface area contributed by atoms with Gasteiger partial charge in [-0.2, -0.15) is 22.0 Å². The highest BCUT2D eigenvalue weighted by Gasteiger charge is 2.57. The molecule has 3 aliphatic carbocycles. The Balaban J connectivity index is 1.07. The number of unbranched alkanes of at least 4 members (excludes halogenated alkanes) is 6. The third-order valence-electron chi connectivity index (χ3n) is 12.7. The van der Waals surface area contributed by atoms with Gasteiger partial charge in [0, 0.05) is 32.6 Å². The third kappa shape index (κ3) is 10.4. The maximum absolute atomic E-state index is 13.1. The number of rotatable bonds is 17. The molecule has 1 unspecified atom stereocenters. The van der Waals surface area contributed by atoms with Gasteiger partial charge in [0.05, 0.1) is 12.6 Å². The number of halogens is 5. The second-order valence-electron chi connectivity index (χ2n) is 16.2. The lowest BCUT2D eigenvalue weighted by Crippen LogP contribution is -2.47. The van der Waals surface area contributed by atoms with E-state index >= 15 is 0 Å². The van der Waals surface area contributed by atoms with E-state index in [2.05, 4.69) is 35.9 Å². The molecule has 7 atom stereocenters. The zero-order chi connectivity index (χ0) is 36.8. The lowest BCUT2D eigenvalue weighted by Gasteiger charge is -2.53. The molecule has 0 bridgehead atoms. The predicted molar refractivity (Wildman–Crippen MR) is 191 cm³/mol. The van der Waals surface area contributed by atoms with Gasteiger partial charge in [-0.15, -0.1) is 0 Å². The standard InChI is InChI=1S/C39H59F5N2O4S/c1-37-18-16-32-31-13-12-30(50-35(48)27-46-21-19-45(2)20-22-46)26-29(31)25-28(36(32)33(37)14-15-34(37)47)11-8-6-4-3-5-7-9-23-51(49)24-10-17-38(40,41)39(42,43)44/h12-13,26,28,32-34,36,47H,3-11,14-25,27H2,1-2H3/t28-,32-,33+,34+,36-,37+,51?/m1/s1. The van der Waals surface area contributed by atoms with Gasteiger partial charge in [-0.3, -0.25) is 9.69 Å². The molecule has 4 aliphatic rings. The molecular formula is C39H59F5N2O4S. The molecule has 0 radical (unpaired) electrons. The summed E-state index contributed by atoms with van der Waals surface area (Å²) in [5.74, 6) is -2.05. The molecule has 1 aromatic rings. The Morgan fingerprint density at radius 2 is 1.63 bits per heavy atom. The van der Waals surface area contributed by atoms with Crippen molar-refractivity contribution < 1.29 is 41.1 Å². The summed E-state index contributed by atoms with van der Waals surface area (Å²) in [6.07, 6.45) is 5.61. The second-order valence-corrected chi connectivity index (χ2v) is 17.9. The highest BCUT2D eigenvalue weighted by atomic mass is 32.2. The lowest BCUT2D eigenvalue weighted by atomic mass is 9.52. The Morgan fingerprint density at radius 3 is 2.33 bits per heavy atom. The van der Waals surface area contributed by atoms with Crippen LogP contribution >= 0.6 is 0 Å². The van der Waals surface area contributed by atoms with E-state index < -0.39 is 36.1 Å². The van der Waals surface area contributed by atoms with Crippen LogP contribution in [-0.2, 0) is 22.4 Å². The van der Waals surface area contributed by atoms with Crippen LogP contribution in [0.4, 0.5) is 22.0 Å². The summed E-state index contributed by atoms with van der Waals surface area (Å²) < 4.78 is 81.0. The van der Waals surface area contributed by atoms with Crippen LogP contribution < -0.4 is 4.74 Å². The van der Waals surface area contributed by atoms with Gasteiger partial charge in [0.25, 0.3) is 0 Å². The monoisotopic (exact) mass is 746 g/mol. The molecular weight excluding hydrogens is 687 g/mol. The van der Waals surface area contributed by atoms with Gasteiger partial charge in [0.1, 0.15) is 17.3 Å². The van der Waals surface area contributed by atoms with Crippen LogP contribution in [0.3, 0.4) is 0 Å². The van der Waals surface area contributed by atoms with Crippen LogP contribution in [0, 0.1) is 23.2 Å². The number of carbonyl (C=O) groups is 1. The summed E-state index contributed by atoms with van der Waals surface area (Å²) in [6.45, 7) is 6.25. The fourth-order valence-corrected chi connectivity index (χ4v) is 10.9. The van der Waals surface area contributed by atoms with E-state index in [1.807, 2.05) is 6.07 Å². The van der Waals surface area contributed by atoms with E-state index in [9.17, 15) is 36.4 Å². The van der Waals surface area contributed by atoms with Crippen LogP contribution in [0.25, 0.3) is 0 Å². The van der Waals surface area contributed by atoms with Gasteiger partial charge >= 0.3 is 18.1 Å². The number of aliphatic hydroxyl groups excluding tert-OH is 1. The quantitative estimate of drug-likeness (QED) is 0.0571. The minimum absolute atomic E-state index is 0.0204. The summed E-state index contributed by atoms with van der Waals surface area (Å²) in [5, 5.41) is 11.0. The van der Waals surface area contributed by atoms with Crippen LogP contribution in [0.15, 0.2) is 18.2 Å². The first-order valence-corrected chi connectivity index (χ1v) is 20.9. The van der Waals surface area contributed by atoms with Crippen molar-refractivity contribution in [3.8, 4) is 5.75 Å². The summed E-state index contributed by atoms with van der Waals surface area (Å²) in [7, 11) is 2.10. The molecule has 0 aromatic heterocycles. The Labute approximate surface area is 304 Å². The molecule has 12 heteroatoms. The number of fused-ring (bicyclic) bond motifs is 5. The summed E-state index contributed by atoms with van der Waals surface area (Å²) in [4.78, 5) is 17.3. The molecule has 1 heterocycles. The van der Waals surface area contributed by atoms with Crippen molar-refractivity contribution in [1.29, 1.82) is 0 Å². The first kappa shape index (κ1) is 40.7. The minimum Gasteiger partial charge on any atom is -0.616 e. The largest absolute Gasteiger partial charge is 0.616 e. The Hall–Kier alpha value is -1.47. The maximum atomic E-state index is 13.1. The predicted octanol–water partition coefficient (Wildman–Crippen LogP) is 8.13. The van der Waals surface area contributed by atoms with Gasteiger partial charge in [-0.1, -0.05) is 56.3 Å². The third-order valence-corrected chi connectivity index (χ3v) is 14.2. The maximum Gasteiger partial charge on any atom is 0.453 e. The van der Waals surface area contributed by atoms with Crippen LogP contribution in [0.1, 0.15) is 114 Å². The minimum atomic E-state index is -5.55. The number of hydrogen-bond acceptors (Lipinski definition) is 6. The molecule has 2 saturated carbocycles. The van der Waals surface area contributed by atoms with Crippen LogP contribution in [-0.4, -0.2) is 94.9 Å². The lowest BCUT2D eigenvalue weighted by molar-refractivity contribution is -0.284. The Bertz CT molecular complexity index is 1280. The number of hydrogen-bond donors (Lipinski definition) is 1. The number of nitrogens with zero attached hydrogens (tertiary/aromatic N) is 2. The highest BCUT2D eigenvalue weighted by Crippen LogP contribution is 2.62. The average molecular weight is 747 g/mol. The molecule has 0 spiro atoms. The van der Waals surface area contributed by atoms with E-state index in [-0.39, 0.29) is 23.2 Å². The smallest absolute Gasteiger partial charge is 0.453 e. The van der Waals surface area contributed by atoms with Gasteiger partial charge in [0.15, 0.2) is 0 Å². The van der Waals surface area contributed by atoms with Crippen molar-refractivity contribution in [2.24, 2.45) is 23.2 Å². The van der Waals surface area contributed by atoms with Gasteiger partial charge in [-0.05, 0) is 117 Å². The van der Waals surface area contributed by atoms with E-state index in [0.717, 1.165) is 103 Å². The number of benzene rings is 1. The molecule has 1 saturated heterocycles. The SMILES string of the molecule is CN1CCN(CC(=O)Oc2ccc3c(c2)C[C@@H](CCCCCCCCC[S+]([O-])CCCC(F)(F)C(F)(F)F)[C@@H]2[C@@H]3CC[C@]3(C)[C@@H](O)CC[C@@H]23)CC1. The fourth-order valence-electron chi connectivity index (χ4n) is 9.69. The van der Waals surface area contributed by atoms with Crippen molar-refractivity contribution in [3.63, 3.8) is 0 Å². The van der Waals surface area contributed by atoms with Crippen molar-refractivity contribution >= 4 is 17.1 Å². The first-order valence-electron chi connectivity index (χ1n) is 19.4. The molecule has 1 N–H and O–H groups in total. The zero-order valence-electron chi connectivity index (χ0n) is 30.5. The molecule has 1 aliphatic heterocycles. The number of carbonyl (C=O) groups excluding carboxylic acids is 1. The summed E-state index contributed by atoms with van der Waals surface area (Å²) >= 11 is -1.37. The van der Waals surface area contributed by atoms with Crippen molar-refractivity contribution in [2.75, 3.05) is 51.3 Å². The molecule has 0 amide bonds. The molecule has 3 fully saturated rings. The first-order chi connectivity index (χ1) is 24.2. The van der Waals surface area contributed by atoms with Crippen molar-refractivity contribution in [3.05, 3.63) is 29.3 Å². The highest BCUT2D eigenvalue weighted by molar-refractivity contribution is 7.91. The van der Waals surface area contributed by atoms with E-state index in [1.165, 1.54) is 11.1 Å². The Kier molecular flexibility index (Phi) is 14.2. The van der Waals surface area contributed by atoms with Gasteiger partial charge < -0.3 is 19.3 Å². The molecule has 5 rings (SSSR count). The fraction of sp³-hybridized carbons (Fsp3) is 0.821. The normalized spacial score (nSPS) is 29.3. The topological polar surface area (TPSA) is 76.1 Å². The van der Waals surface area contributed by atoms with Crippen molar-refractivity contribution in [1.82, 2.24) is 9.80 Å². The van der Waals surface area contributed by atoms with E-state index in [1.54, 1.807) is 0 Å². The van der Waals surface area contributed by atoms with E-state index in [0.29, 0.717) is 48.1 Å². The summed E-state index contributed by atoms with van der Waals surface area (Å²) in [5.41, 5.74) is 2.69. The summed E-state index contributed by atoms with van der Waals surface area (Å²) in [6, 6.07) is 6.30. The van der Waals surface area contributed by atoms with Gasteiger partial charge in [-0.25, -0.2) is 0 Å². The molecule has 1 aromatic carbocycles. The molecule has 51 heavy (non-hydrogen) atoms. The number of esters is 1. The Morgan fingerprint density at radius 1 is 0.961 bits per heavy atom.